The summed E-state index contributed by atoms with van der Waals surface area (Å²) in [6.45, 7) is 0. The predicted molar refractivity (Wildman–Crippen MR) is 99.6 cm³/mol. The standard InChI is InChI=1S/C19H19NO10/c1-26-14-7-3-4-9(15(27-2)10(7)20-17-8(14)5-6-28-17)29-19-13(23)11(21)12(22)16(30-19)18(24)25/h3-6,11-13,16,19,21-23H,1-2H3,(H,24,25). The molecule has 5 unspecified atom stereocenters. The fraction of sp³-hybridized carbons (Fsp3) is 0.368. The average Bonchev–Trinajstić information content (AvgIpc) is 3.20. The van der Waals surface area contributed by atoms with E-state index in [1.807, 2.05) is 0 Å². The van der Waals surface area contributed by atoms with Gasteiger partial charge in [-0.05, 0) is 18.2 Å². The number of fused-ring (bicyclic) bond motifs is 2. The van der Waals surface area contributed by atoms with E-state index in [4.69, 9.17) is 23.4 Å². The maximum absolute atomic E-state index is 11.3. The van der Waals surface area contributed by atoms with Gasteiger partial charge in [0.05, 0.1) is 25.9 Å². The third-order valence-corrected chi connectivity index (χ3v) is 4.91. The molecule has 1 fully saturated rings. The first-order valence-corrected chi connectivity index (χ1v) is 8.88. The molecule has 2 aromatic heterocycles. The summed E-state index contributed by atoms with van der Waals surface area (Å²) in [6, 6.07) is 4.85. The third-order valence-electron chi connectivity index (χ3n) is 4.91. The van der Waals surface area contributed by atoms with E-state index in [0.29, 0.717) is 27.8 Å². The van der Waals surface area contributed by atoms with Crippen molar-refractivity contribution in [1.29, 1.82) is 0 Å². The predicted octanol–water partition coefficient (Wildman–Crippen LogP) is 0.269. The lowest BCUT2D eigenvalue weighted by Gasteiger charge is -2.38. The highest BCUT2D eigenvalue weighted by Gasteiger charge is 2.48. The van der Waals surface area contributed by atoms with E-state index in [2.05, 4.69) is 4.98 Å². The molecule has 1 aliphatic rings. The molecule has 3 heterocycles. The van der Waals surface area contributed by atoms with E-state index in [0.717, 1.165) is 0 Å². The zero-order valence-electron chi connectivity index (χ0n) is 15.9. The minimum atomic E-state index is -1.82. The number of pyridine rings is 1. The van der Waals surface area contributed by atoms with Crippen LogP contribution in [-0.2, 0) is 9.53 Å². The average molecular weight is 421 g/mol. The fourth-order valence-corrected chi connectivity index (χ4v) is 3.44. The monoisotopic (exact) mass is 421 g/mol. The molecule has 1 saturated heterocycles. The van der Waals surface area contributed by atoms with Crippen LogP contribution >= 0.6 is 0 Å². The van der Waals surface area contributed by atoms with Gasteiger partial charge in [0, 0.05) is 5.39 Å². The number of aliphatic carboxylic acids is 1. The number of rotatable bonds is 5. The molecule has 0 spiro atoms. The molecular formula is C19H19NO10. The summed E-state index contributed by atoms with van der Waals surface area (Å²) in [6.07, 6.45) is -7.25. The van der Waals surface area contributed by atoms with E-state index in [9.17, 15) is 25.2 Å². The van der Waals surface area contributed by atoms with Crippen molar-refractivity contribution in [3.8, 4) is 17.2 Å². The van der Waals surface area contributed by atoms with Crippen LogP contribution in [0.2, 0.25) is 0 Å². The Morgan fingerprint density at radius 2 is 1.73 bits per heavy atom. The molecule has 3 aromatic rings. The first-order chi connectivity index (χ1) is 14.4. The maximum atomic E-state index is 11.3. The lowest BCUT2D eigenvalue weighted by molar-refractivity contribution is -0.271. The summed E-state index contributed by atoms with van der Waals surface area (Å²) in [5.41, 5.74) is 0.628. The second kappa shape index (κ2) is 7.61. The number of aromatic nitrogens is 1. The number of nitrogens with zero attached hydrogens (tertiary/aromatic N) is 1. The van der Waals surface area contributed by atoms with Gasteiger partial charge in [0.1, 0.15) is 29.6 Å². The van der Waals surface area contributed by atoms with Crippen molar-refractivity contribution >= 4 is 28.0 Å². The molecule has 1 aromatic carbocycles. The van der Waals surface area contributed by atoms with Crippen molar-refractivity contribution in [2.24, 2.45) is 0 Å². The molecule has 11 heteroatoms. The minimum absolute atomic E-state index is 0.0576. The smallest absolute Gasteiger partial charge is 0.335 e. The highest BCUT2D eigenvalue weighted by atomic mass is 16.7. The molecular weight excluding hydrogens is 402 g/mol. The summed E-state index contributed by atoms with van der Waals surface area (Å²) in [5.74, 6) is -0.805. The summed E-state index contributed by atoms with van der Waals surface area (Å²) < 4.78 is 27.1. The highest BCUT2D eigenvalue weighted by Crippen LogP contribution is 2.42. The molecule has 4 N–H and O–H groups in total. The zero-order valence-corrected chi connectivity index (χ0v) is 15.9. The number of methoxy groups -OCH3 is 2. The molecule has 30 heavy (non-hydrogen) atoms. The Labute approximate surface area is 169 Å². The Kier molecular flexibility index (Phi) is 5.12. The van der Waals surface area contributed by atoms with Crippen molar-refractivity contribution < 1.29 is 48.6 Å². The lowest BCUT2D eigenvalue weighted by atomic mass is 9.99. The van der Waals surface area contributed by atoms with Gasteiger partial charge in [-0.2, -0.15) is 0 Å². The van der Waals surface area contributed by atoms with Crippen LogP contribution in [0.3, 0.4) is 0 Å². The number of aliphatic hydroxyl groups is 3. The van der Waals surface area contributed by atoms with Crippen LogP contribution in [0.4, 0.5) is 0 Å². The summed E-state index contributed by atoms with van der Waals surface area (Å²) in [7, 11) is 2.88. The Morgan fingerprint density at radius 3 is 2.40 bits per heavy atom. The number of hydrogen-bond acceptors (Lipinski definition) is 10. The fourth-order valence-electron chi connectivity index (χ4n) is 3.44. The molecule has 1 aliphatic heterocycles. The van der Waals surface area contributed by atoms with E-state index >= 15 is 0 Å². The van der Waals surface area contributed by atoms with Crippen LogP contribution in [0.1, 0.15) is 0 Å². The molecule has 0 saturated carbocycles. The molecule has 5 atom stereocenters. The molecule has 160 valence electrons. The number of aliphatic hydroxyl groups excluding tert-OH is 3. The number of carbonyl (C=O) groups is 1. The topological polar surface area (TPSA) is 161 Å². The van der Waals surface area contributed by atoms with Gasteiger partial charge in [0.25, 0.3) is 0 Å². The van der Waals surface area contributed by atoms with E-state index in [-0.39, 0.29) is 11.5 Å². The molecule has 0 radical (unpaired) electrons. The highest BCUT2D eigenvalue weighted by molar-refractivity contribution is 6.02. The molecule has 4 rings (SSSR count). The van der Waals surface area contributed by atoms with Gasteiger partial charge in [0.15, 0.2) is 17.6 Å². The maximum Gasteiger partial charge on any atom is 0.335 e. The third kappa shape index (κ3) is 3.08. The SMILES string of the molecule is COc1c2ccoc2nc2c(OC)c(OC3OC(C(=O)O)C(O)C(O)C3O)ccc12. The van der Waals surface area contributed by atoms with Crippen LogP contribution in [0.25, 0.3) is 22.0 Å². The van der Waals surface area contributed by atoms with Crippen molar-refractivity contribution in [2.45, 2.75) is 30.7 Å². The summed E-state index contributed by atoms with van der Waals surface area (Å²) in [4.78, 5) is 15.7. The van der Waals surface area contributed by atoms with Gasteiger partial charge in [-0.1, -0.05) is 0 Å². The molecule has 0 amide bonds. The van der Waals surface area contributed by atoms with Crippen LogP contribution in [-0.4, -0.2) is 76.3 Å². The number of furan rings is 1. The first kappa shape index (κ1) is 20.2. The van der Waals surface area contributed by atoms with Crippen LogP contribution < -0.4 is 14.2 Å². The van der Waals surface area contributed by atoms with Crippen LogP contribution in [0.5, 0.6) is 17.2 Å². The molecule has 0 bridgehead atoms. The minimum Gasteiger partial charge on any atom is -0.495 e. The zero-order chi connectivity index (χ0) is 21.6. The molecule has 11 nitrogen and oxygen atoms in total. The Balaban J connectivity index is 1.77. The van der Waals surface area contributed by atoms with Crippen molar-refractivity contribution in [3.63, 3.8) is 0 Å². The largest absolute Gasteiger partial charge is 0.495 e. The Hall–Kier alpha value is -3.12. The van der Waals surface area contributed by atoms with Crippen molar-refractivity contribution in [2.75, 3.05) is 14.2 Å². The van der Waals surface area contributed by atoms with Crippen molar-refractivity contribution in [3.05, 3.63) is 24.5 Å². The first-order valence-electron chi connectivity index (χ1n) is 8.88. The van der Waals surface area contributed by atoms with Gasteiger partial charge >= 0.3 is 5.97 Å². The Bertz CT molecular complexity index is 1100. The second-order valence-corrected chi connectivity index (χ2v) is 6.63. The van der Waals surface area contributed by atoms with E-state index in [1.165, 1.54) is 26.5 Å². The number of carboxylic acids is 1. The summed E-state index contributed by atoms with van der Waals surface area (Å²) in [5, 5.41) is 40.4. The van der Waals surface area contributed by atoms with Gasteiger partial charge in [0.2, 0.25) is 12.0 Å². The number of ether oxygens (including phenoxy) is 4. The van der Waals surface area contributed by atoms with Crippen LogP contribution in [0.15, 0.2) is 28.9 Å². The number of carboxylic acid groups (broad SMARTS) is 1. The van der Waals surface area contributed by atoms with Gasteiger partial charge < -0.3 is 43.8 Å². The van der Waals surface area contributed by atoms with E-state index < -0.39 is 36.7 Å². The quantitative estimate of drug-likeness (QED) is 0.447. The Morgan fingerprint density at radius 1 is 1.00 bits per heavy atom. The van der Waals surface area contributed by atoms with Gasteiger partial charge in [-0.25, -0.2) is 9.78 Å². The van der Waals surface area contributed by atoms with Gasteiger partial charge in [-0.15, -0.1) is 0 Å². The number of hydrogen-bond donors (Lipinski definition) is 4. The molecule has 0 aliphatic carbocycles. The normalized spacial score (nSPS) is 26.6. The number of benzene rings is 1. The summed E-state index contributed by atoms with van der Waals surface area (Å²) >= 11 is 0. The van der Waals surface area contributed by atoms with E-state index in [1.54, 1.807) is 12.1 Å². The van der Waals surface area contributed by atoms with Gasteiger partial charge in [-0.3, -0.25) is 0 Å². The van der Waals surface area contributed by atoms with Crippen LogP contribution in [0, 0.1) is 0 Å². The van der Waals surface area contributed by atoms with Crippen molar-refractivity contribution in [1.82, 2.24) is 4.98 Å². The lowest BCUT2D eigenvalue weighted by Crippen LogP contribution is -2.61. The second-order valence-electron chi connectivity index (χ2n) is 6.63.